The number of fused-ring (bicyclic) bond motifs is 1. The Kier molecular flexibility index (Phi) is 4.63. The third-order valence-electron chi connectivity index (χ3n) is 3.06. The van der Waals surface area contributed by atoms with E-state index in [4.69, 9.17) is 0 Å². The van der Waals surface area contributed by atoms with Crippen LogP contribution in [0.4, 0.5) is 0 Å². The van der Waals surface area contributed by atoms with Crippen molar-refractivity contribution in [1.82, 2.24) is 10.3 Å². The molecule has 2 rings (SSSR count). The van der Waals surface area contributed by atoms with Gasteiger partial charge in [0.1, 0.15) is 0 Å². The van der Waals surface area contributed by atoms with Crippen LogP contribution >= 0.6 is 0 Å². The molecule has 1 aromatic heterocycles. The van der Waals surface area contributed by atoms with Gasteiger partial charge < -0.3 is 5.32 Å². The minimum Gasteiger partial charge on any atom is -0.315 e. The monoisotopic (exact) mass is 256 g/mol. The molecule has 0 aliphatic rings. The second-order valence-corrected chi connectivity index (χ2v) is 5.05. The summed E-state index contributed by atoms with van der Waals surface area (Å²) in [6.07, 6.45) is 3.23. The molecule has 0 spiro atoms. The van der Waals surface area contributed by atoms with Crippen molar-refractivity contribution in [3.8, 4) is 0 Å². The van der Waals surface area contributed by atoms with Gasteiger partial charge in [0.05, 0.1) is 5.52 Å². The van der Waals surface area contributed by atoms with Crippen LogP contribution < -0.4 is 5.32 Å². The van der Waals surface area contributed by atoms with Crippen LogP contribution in [0.1, 0.15) is 37.0 Å². The molecular formula is C16H20N2O. The summed E-state index contributed by atoms with van der Waals surface area (Å²) < 4.78 is 0. The smallest absolute Gasteiger partial charge is 0.162 e. The van der Waals surface area contributed by atoms with Crippen molar-refractivity contribution in [2.75, 3.05) is 6.54 Å². The van der Waals surface area contributed by atoms with Crippen LogP contribution in [0.5, 0.6) is 0 Å². The fourth-order valence-electron chi connectivity index (χ4n) is 2.03. The maximum absolute atomic E-state index is 12.1. The highest BCUT2D eigenvalue weighted by atomic mass is 16.1. The lowest BCUT2D eigenvalue weighted by Gasteiger charge is -2.07. The van der Waals surface area contributed by atoms with E-state index in [2.05, 4.69) is 24.1 Å². The molecule has 3 nitrogen and oxygen atoms in total. The largest absolute Gasteiger partial charge is 0.315 e. The predicted molar refractivity (Wildman–Crippen MR) is 78.4 cm³/mol. The lowest BCUT2D eigenvalue weighted by atomic mass is 10.0. The zero-order valence-corrected chi connectivity index (χ0v) is 11.5. The fraction of sp³-hybridized carbons (Fsp3) is 0.375. The van der Waals surface area contributed by atoms with Crippen molar-refractivity contribution in [3.05, 3.63) is 42.1 Å². The van der Waals surface area contributed by atoms with Gasteiger partial charge >= 0.3 is 0 Å². The number of pyridine rings is 1. The van der Waals surface area contributed by atoms with Crippen LogP contribution in [0, 0.1) is 0 Å². The summed E-state index contributed by atoms with van der Waals surface area (Å²) in [6, 6.07) is 10.1. The van der Waals surface area contributed by atoms with E-state index in [1.54, 1.807) is 6.20 Å². The van der Waals surface area contributed by atoms with Crippen molar-refractivity contribution in [1.29, 1.82) is 0 Å². The number of hydrogen-bond acceptors (Lipinski definition) is 3. The predicted octanol–water partition coefficient (Wildman–Crippen LogP) is 3.20. The second-order valence-electron chi connectivity index (χ2n) is 5.05. The molecule has 0 amide bonds. The Morgan fingerprint density at radius 1 is 1.32 bits per heavy atom. The van der Waals surface area contributed by atoms with E-state index in [9.17, 15) is 4.79 Å². The maximum Gasteiger partial charge on any atom is 0.162 e. The van der Waals surface area contributed by atoms with Gasteiger partial charge in [-0.3, -0.25) is 9.78 Å². The minimum atomic E-state index is 0.205. The van der Waals surface area contributed by atoms with Gasteiger partial charge in [0.2, 0.25) is 0 Å². The number of ketones is 1. The summed E-state index contributed by atoms with van der Waals surface area (Å²) in [5.41, 5.74) is 1.71. The average molecular weight is 256 g/mol. The van der Waals surface area contributed by atoms with E-state index in [1.807, 2.05) is 30.3 Å². The first-order valence-corrected chi connectivity index (χ1v) is 6.78. The van der Waals surface area contributed by atoms with Crippen molar-refractivity contribution in [2.24, 2.45) is 0 Å². The topological polar surface area (TPSA) is 42.0 Å². The van der Waals surface area contributed by atoms with Crippen LogP contribution in [0.2, 0.25) is 0 Å². The highest BCUT2D eigenvalue weighted by molar-refractivity contribution is 5.99. The number of aromatic nitrogens is 1. The summed E-state index contributed by atoms with van der Waals surface area (Å²) in [6.45, 7) is 5.11. The molecule has 2 aromatic rings. The van der Waals surface area contributed by atoms with E-state index in [1.165, 1.54) is 0 Å². The SMILES string of the molecule is CC(C)NCCCC(=O)c1ccc2ncccc2c1. The zero-order chi connectivity index (χ0) is 13.7. The minimum absolute atomic E-state index is 0.205. The number of benzene rings is 1. The number of carbonyl (C=O) groups is 1. The summed E-state index contributed by atoms with van der Waals surface area (Å²) in [4.78, 5) is 16.3. The molecule has 100 valence electrons. The first-order valence-electron chi connectivity index (χ1n) is 6.78. The third kappa shape index (κ3) is 3.86. The van der Waals surface area contributed by atoms with Gasteiger partial charge in [-0.25, -0.2) is 0 Å². The summed E-state index contributed by atoms with van der Waals surface area (Å²) >= 11 is 0. The van der Waals surface area contributed by atoms with Crippen molar-refractivity contribution < 1.29 is 4.79 Å². The van der Waals surface area contributed by atoms with E-state index in [0.29, 0.717) is 12.5 Å². The summed E-state index contributed by atoms with van der Waals surface area (Å²) in [7, 11) is 0. The molecule has 3 heteroatoms. The lowest BCUT2D eigenvalue weighted by molar-refractivity contribution is 0.0980. The molecular weight excluding hydrogens is 236 g/mol. The molecule has 0 aliphatic carbocycles. The quantitative estimate of drug-likeness (QED) is 0.637. The Balaban J connectivity index is 1.97. The third-order valence-corrected chi connectivity index (χ3v) is 3.06. The van der Waals surface area contributed by atoms with E-state index in [-0.39, 0.29) is 5.78 Å². The fourth-order valence-corrected chi connectivity index (χ4v) is 2.03. The maximum atomic E-state index is 12.1. The van der Waals surface area contributed by atoms with E-state index >= 15 is 0 Å². The first-order chi connectivity index (χ1) is 9.16. The molecule has 0 saturated heterocycles. The van der Waals surface area contributed by atoms with Gasteiger partial charge in [-0.05, 0) is 37.2 Å². The Labute approximate surface area is 114 Å². The number of Topliss-reactive ketones (excluding diaryl/α,β-unsaturated/α-hetero) is 1. The number of rotatable bonds is 6. The van der Waals surface area contributed by atoms with Crippen molar-refractivity contribution in [3.63, 3.8) is 0 Å². The molecule has 0 aliphatic heterocycles. The van der Waals surface area contributed by atoms with Crippen LogP contribution in [0.15, 0.2) is 36.5 Å². The van der Waals surface area contributed by atoms with Gasteiger partial charge in [-0.15, -0.1) is 0 Å². The van der Waals surface area contributed by atoms with Gasteiger partial charge in [0.15, 0.2) is 5.78 Å². The van der Waals surface area contributed by atoms with E-state index in [0.717, 1.165) is 29.4 Å². The first kappa shape index (κ1) is 13.7. The molecule has 0 saturated carbocycles. The molecule has 19 heavy (non-hydrogen) atoms. The molecule has 0 radical (unpaired) electrons. The van der Waals surface area contributed by atoms with Gasteiger partial charge in [-0.2, -0.15) is 0 Å². The van der Waals surface area contributed by atoms with Crippen LogP contribution in [0.3, 0.4) is 0 Å². The summed E-state index contributed by atoms with van der Waals surface area (Å²) in [5, 5.41) is 4.34. The lowest BCUT2D eigenvalue weighted by Crippen LogP contribution is -2.24. The van der Waals surface area contributed by atoms with Crippen molar-refractivity contribution >= 4 is 16.7 Å². The van der Waals surface area contributed by atoms with Crippen LogP contribution in [-0.2, 0) is 0 Å². The normalized spacial score (nSPS) is 11.1. The number of hydrogen-bond donors (Lipinski definition) is 1. The average Bonchev–Trinajstić information content (AvgIpc) is 2.42. The van der Waals surface area contributed by atoms with Crippen LogP contribution in [0.25, 0.3) is 10.9 Å². The molecule has 1 N–H and O–H groups in total. The zero-order valence-electron chi connectivity index (χ0n) is 11.5. The Bertz CT molecular complexity index is 563. The highest BCUT2D eigenvalue weighted by Gasteiger charge is 2.06. The number of carbonyl (C=O) groups excluding carboxylic acids is 1. The standard InChI is InChI=1S/C16H20N2O/c1-12(2)17-9-4-6-16(19)14-7-8-15-13(11-14)5-3-10-18-15/h3,5,7-8,10-12,17H,4,6,9H2,1-2H3. The molecule has 0 unspecified atom stereocenters. The van der Waals surface area contributed by atoms with Gasteiger partial charge in [0, 0.05) is 29.6 Å². The molecule has 1 aromatic carbocycles. The number of nitrogens with one attached hydrogen (secondary N) is 1. The second kappa shape index (κ2) is 6.43. The molecule has 0 fully saturated rings. The van der Waals surface area contributed by atoms with Gasteiger partial charge in [0.25, 0.3) is 0 Å². The molecule has 1 heterocycles. The van der Waals surface area contributed by atoms with Gasteiger partial charge in [-0.1, -0.05) is 19.9 Å². The Morgan fingerprint density at radius 3 is 2.95 bits per heavy atom. The van der Waals surface area contributed by atoms with Crippen LogP contribution in [-0.4, -0.2) is 23.4 Å². The van der Waals surface area contributed by atoms with Crippen molar-refractivity contribution in [2.45, 2.75) is 32.7 Å². The highest BCUT2D eigenvalue weighted by Crippen LogP contribution is 2.15. The molecule has 0 atom stereocenters. The summed E-state index contributed by atoms with van der Waals surface area (Å²) in [5.74, 6) is 0.205. The Morgan fingerprint density at radius 2 is 2.16 bits per heavy atom. The Hall–Kier alpha value is -1.74. The van der Waals surface area contributed by atoms with E-state index < -0.39 is 0 Å². The molecule has 0 bridgehead atoms. The number of nitrogens with zero attached hydrogens (tertiary/aromatic N) is 1.